The van der Waals surface area contributed by atoms with Crippen LogP contribution in [0.5, 0.6) is 0 Å². The van der Waals surface area contributed by atoms with Crippen LogP contribution in [0.25, 0.3) is 0 Å². The summed E-state index contributed by atoms with van der Waals surface area (Å²) in [5, 5.41) is 14.1. The first-order valence-corrected chi connectivity index (χ1v) is 10.4. The van der Waals surface area contributed by atoms with Crippen molar-refractivity contribution in [1.29, 1.82) is 0 Å². The van der Waals surface area contributed by atoms with Gasteiger partial charge in [0.15, 0.2) is 10.8 Å². The van der Waals surface area contributed by atoms with E-state index in [2.05, 4.69) is 21.2 Å². The number of carboxylic acids is 1. The molecule has 0 saturated heterocycles. The van der Waals surface area contributed by atoms with Crippen molar-refractivity contribution >= 4 is 56.5 Å². The minimum absolute atomic E-state index is 0.0259. The molecule has 2 N–H and O–H groups in total. The molecule has 0 fully saturated rings. The molecule has 1 unspecified atom stereocenters. The number of alkyl halides is 1. The highest BCUT2D eigenvalue weighted by Crippen LogP contribution is 2.39. The molecule has 1 atom stereocenters. The third kappa shape index (κ3) is 3.95. The predicted molar refractivity (Wildman–Crippen MR) is 118 cm³/mol. The third-order valence-corrected chi connectivity index (χ3v) is 5.82. The number of benzene rings is 2. The average molecular weight is 485 g/mol. The Bertz CT molecular complexity index is 932. The zero-order chi connectivity index (χ0) is 20.6. The largest absolute Gasteiger partial charge is 0.476 e. The maximum absolute atomic E-state index is 12.3. The Hall–Kier alpha value is -1.89. The first-order chi connectivity index (χ1) is 13.2. The molecular weight excluding hydrogens is 465 g/mol. The summed E-state index contributed by atoms with van der Waals surface area (Å²) < 4.78 is 0. The standard InChI is InChI=1S/C20H20BrCl2N3O2/c1-11(2)25-18(24-16-10-14(23)5-4-12(16)3)17(19(27)28)26(20(25)21)15-8-6-13(22)7-9-15/h4-11,20,24H,1-3H3,(H,27,28). The first-order valence-electron chi connectivity index (χ1n) is 8.68. The number of nitrogens with one attached hydrogen (secondary N) is 1. The van der Waals surface area contributed by atoms with E-state index in [0.29, 0.717) is 21.6 Å². The van der Waals surface area contributed by atoms with Gasteiger partial charge in [0.25, 0.3) is 0 Å². The second kappa shape index (κ2) is 8.23. The number of nitrogens with zero attached hydrogens (tertiary/aromatic N) is 2. The number of halogens is 3. The summed E-state index contributed by atoms with van der Waals surface area (Å²) in [5.74, 6) is -0.547. The van der Waals surface area contributed by atoms with Gasteiger partial charge in [-0.3, -0.25) is 0 Å². The second-order valence-electron chi connectivity index (χ2n) is 6.74. The number of aliphatic carboxylic acids is 1. The summed E-state index contributed by atoms with van der Waals surface area (Å²) in [7, 11) is 0. The van der Waals surface area contributed by atoms with E-state index in [1.165, 1.54) is 0 Å². The van der Waals surface area contributed by atoms with Crippen LogP contribution in [0.1, 0.15) is 19.4 Å². The van der Waals surface area contributed by atoms with E-state index in [0.717, 1.165) is 11.3 Å². The smallest absolute Gasteiger partial charge is 0.356 e. The molecule has 28 heavy (non-hydrogen) atoms. The quantitative estimate of drug-likeness (QED) is 0.410. The maximum Gasteiger partial charge on any atom is 0.356 e. The van der Waals surface area contributed by atoms with E-state index in [1.54, 1.807) is 41.3 Å². The van der Waals surface area contributed by atoms with Crippen LogP contribution in [0.4, 0.5) is 11.4 Å². The maximum atomic E-state index is 12.3. The molecule has 0 amide bonds. The zero-order valence-corrected chi connectivity index (χ0v) is 18.7. The van der Waals surface area contributed by atoms with E-state index in [9.17, 15) is 9.90 Å². The SMILES string of the molecule is Cc1ccc(Cl)cc1NC1=C(C(=O)O)N(c2ccc(Cl)cc2)C(Br)N1C(C)C. The fraction of sp³-hybridized carbons (Fsp3) is 0.250. The molecule has 1 aliphatic heterocycles. The molecule has 1 aliphatic rings. The first kappa shape index (κ1) is 20.8. The lowest BCUT2D eigenvalue weighted by molar-refractivity contribution is -0.132. The topological polar surface area (TPSA) is 55.8 Å². The van der Waals surface area contributed by atoms with Crippen LogP contribution in [-0.4, -0.2) is 27.1 Å². The van der Waals surface area contributed by atoms with Gasteiger partial charge in [-0.15, -0.1) is 0 Å². The lowest BCUT2D eigenvalue weighted by Crippen LogP contribution is -2.41. The number of aryl methyl sites for hydroxylation is 1. The molecule has 5 nitrogen and oxygen atoms in total. The van der Waals surface area contributed by atoms with Gasteiger partial charge in [-0.25, -0.2) is 4.79 Å². The Morgan fingerprint density at radius 3 is 2.32 bits per heavy atom. The highest BCUT2D eigenvalue weighted by Gasteiger charge is 2.42. The highest BCUT2D eigenvalue weighted by molar-refractivity contribution is 9.09. The van der Waals surface area contributed by atoms with Gasteiger partial charge in [0.2, 0.25) is 0 Å². The van der Waals surface area contributed by atoms with Crippen molar-refractivity contribution in [3.05, 3.63) is 69.6 Å². The normalized spacial score (nSPS) is 16.9. The van der Waals surface area contributed by atoms with Crippen molar-refractivity contribution in [2.24, 2.45) is 0 Å². The van der Waals surface area contributed by atoms with E-state index in [1.807, 2.05) is 31.7 Å². The van der Waals surface area contributed by atoms with Gasteiger partial charge in [0.1, 0.15) is 5.82 Å². The monoisotopic (exact) mass is 483 g/mol. The number of anilines is 2. The van der Waals surface area contributed by atoms with Crippen molar-refractivity contribution in [2.45, 2.75) is 31.9 Å². The van der Waals surface area contributed by atoms with Crippen molar-refractivity contribution in [2.75, 3.05) is 10.2 Å². The van der Waals surface area contributed by atoms with Gasteiger partial charge in [-0.2, -0.15) is 0 Å². The molecule has 1 heterocycles. The molecule has 0 aromatic heterocycles. The molecule has 3 rings (SSSR count). The van der Waals surface area contributed by atoms with Gasteiger partial charge in [-0.05, 0) is 78.7 Å². The summed E-state index contributed by atoms with van der Waals surface area (Å²) in [6.45, 7) is 5.95. The second-order valence-corrected chi connectivity index (χ2v) is 8.44. The Morgan fingerprint density at radius 1 is 1.14 bits per heavy atom. The lowest BCUT2D eigenvalue weighted by Gasteiger charge is -2.33. The van der Waals surface area contributed by atoms with Crippen LogP contribution >= 0.6 is 39.1 Å². The molecule has 0 spiro atoms. The number of carbonyl (C=O) groups is 1. The van der Waals surface area contributed by atoms with Gasteiger partial charge >= 0.3 is 5.97 Å². The number of rotatable bonds is 5. The number of hydrogen-bond donors (Lipinski definition) is 2. The van der Waals surface area contributed by atoms with Crippen molar-refractivity contribution < 1.29 is 9.90 Å². The Morgan fingerprint density at radius 2 is 1.75 bits per heavy atom. The molecule has 148 valence electrons. The minimum atomic E-state index is -1.04. The van der Waals surface area contributed by atoms with Crippen LogP contribution in [-0.2, 0) is 4.79 Å². The summed E-state index contributed by atoms with van der Waals surface area (Å²) in [4.78, 5) is 16.0. The van der Waals surface area contributed by atoms with Crippen molar-refractivity contribution in [1.82, 2.24) is 4.90 Å². The van der Waals surface area contributed by atoms with Gasteiger partial charge in [0, 0.05) is 27.5 Å². The lowest BCUT2D eigenvalue weighted by atomic mass is 10.2. The molecule has 0 aliphatic carbocycles. The van der Waals surface area contributed by atoms with Crippen LogP contribution < -0.4 is 10.2 Å². The molecule has 8 heteroatoms. The van der Waals surface area contributed by atoms with Crippen molar-refractivity contribution in [3.63, 3.8) is 0 Å². The van der Waals surface area contributed by atoms with E-state index in [4.69, 9.17) is 23.2 Å². The Balaban J connectivity index is 2.15. The minimum Gasteiger partial charge on any atom is -0.476 e. The molecular formula is C20H20BrCl2N3O2. The van der Waals surface area contributed by atoms with Crippen LogP contribution in [0.3, 0.4) is 0 Å². The predicted octanol–water partition coefficient (Wildman–Crippen LogP) is 5.88. The van der Waals surface area contributed by atoms with Gasteiger partial charge < -0.3 is 20.2 Å². The fourth-order valence-corrected chi connectivity index (χ4v) is 4.53. The van der Waals surface area contributed by atoms with Crippen LogP contribution in [0.2, 0.25) is 10.0 Å². The van der Waals surface area contributed by atoms with E-state index in [-0.39, 0.29) is 16.8 Å². The van der Waals surface area contributed by atoms with E-state index >= 15 is 0 Å². The molecule has 0 radical (unpaired) electrons. The zero-order valence-electron chi connectivity index (χ0n) is 15.6. The highest BCUT2D eigenvalue weighted by atomic mass is 79.9. The third-order valence-electron chi connectivity index (χ3n) is 4.48. The Labute approximate surface area is 182 Å². The van der Waals surface area contributed by atoms with E-state index < -0.39 is 5.97 Å². The average Bonchev–Trinajstić information content (AvgIpc) is 2.91. The Kier molecular flexibility index (Phi) is 6.12. The number of hydrogen-bond acceptors (Lipinski definition) is 4. The molecule has 0 saturated carbocycles. The summed E-state index contributed by atoms with van der Waals surface area (Å²) in [6.07, 6.45) is 0. The van der Waals surface area contributed by atoms with Crippen molar-refractivity contribution in [3.8, 4) is 0 Å². The fourth-order valence-electron chi connectivity index (χ4n) is 3.12. The van der Waals surface area contributed by atoms with Gasteiger partial charge in [-0.1, -0.05) is 29.3 Å². The molecule has 2 aromatic rings. The molecule has 0 bridgehead atoms. The number of carboxylic acid groups (broad SMARTS) is 1. The molecule has 2 aromatic carbocycles. The summed E-state index contributed by atoms with van der Waals surface area (Å²) in [6, 6.07) is 12.6. The van der Waals surface area contributed by atoms with Crippen LogP contribution in [0.15, 0.2) is 54.0 Å². The van der Waals surface area contributed by atoms with Gasteiger partial charge in [0.05, 0.1) is 0 Å². The van der Waals surface area contributed by atoms with Crippen LogP contribution in [0, 0.1) is 6.92 Å². The summed E-state index contributed by atoms with van der Waals surface area (Å²) >= 11 is 15.8. The summed E-state index contributed by atoms with van der Waals surface area (Å²) in [5.41, 5.74) is 2.57.